The van der Waals surface area contributed by atoms with Crippen molar-refractivity contribution >= 4 is 11.6 Å². The van der Waals surface area contributed by atoms with E-state index in [9.17, 15) is 9.59 Å². The number of aromatic nitrogens is 2. The molecule has 1 aliphatic rings. The zero-order chi connectivity index (χ0) is 10.8. The standard InChI is InChI=1S/C9H12N4O2/c10-7(14)2-4-13-3-1-6-8(13)9(15)12-5-11-6/h5H,1-4H2,(H2,10,14)(H,11,12,15). The normalized spacial score (nSPS) is 14.0. The van der Waals surface area contributed by atoms with Gasteiger partial charge in [0.1, 0.15) is 5.69 Å². The lowest BCUT2D eigenvalue weighted by Gasteiger charge is -2.16. The molecule has 1 aliphatic heterocycles. The van der Waals surface area contributed by atoms with Gasteiger partial charge in [0.05, 0.1) is 12.0 Å². The van der Waals surface area contributed by atoms with Crippen LogP contribution in [0.25, 0.3) is 0 Å². The number of H-pyrrole nitrogens is 1. The summed E-state index contributed by atoms with van der Waals surface area (Å²) in [5.74, 6) is -0.358. The highest BCUT2D eigenvalue weighted by atomic mass is 16.1. The van der Waals surface area contributed by atoms with Gasteiger partial charge in [0, 0.05) is 25.9 Å². The first-order valence-corrected chi connectivity index (χ1v) is 4.78. The number of amides is 1. The molecule has 0 bridgehead atoms. The minimum Gasteiger partial charge on any atom is -0.370 e. The molecule has 0 saturated carbocycles. The molecular formula is C9H12N4O2. The molecule has 0 saturated heterocycles. The monoisotopic (exact) mass is 208 g/mol. The number of hydrogen-bond acceptors (Lipinski definition) is 4. The van der Waals surface area contributed by atoms with Crippen LogP contribution in [-0.4, -0.2) is 29.0 Å². The summed E-state index contributed by atoms with van der Waals surface area (Å²) in [4.78, 5) is 30.6. The van der Waals surface area contributed by atoms with Gasteiger partial charge in [-0.25, -0.2) is 4.98 Å². The summed E-state index contributed by atoms with van der Waals surface area (Å²) in [7, 11) is 0. The molecule has 0 radical (unpaired) electrons. The Kier molecular flexibility index (Phi) is 2.40. The van der Waals surface area contributed by atoms with Crippen LogP contribution in [0.3, 0.4) is 0 Å². The largest absolute Gasteiger partial charge is 0.370 e. The van der Waals surface area contributed by atoms with Gasteiger partial charge in [-0.05, 0) is 0 Å². The summed E-state index contributed by atoms with van der Waals surface area (Å²) < 4.78 is 0. The van der Waals surface area contributed by atoms with Crippen LogP contribution in [0.2, 0.25) is 0 Å². The summed E-state index contributed by atoms with van der Waals surface area (Å²) >= 11 is 0. The predicted octanol–water partition coefficient (Wildman–Crippen LogP) is -0.992. The van der Waals surface area contributed by atoms with Gasteiger partial charge in [-0.3, -0.25) is 9.59 Å². The van der Waals surface area contributed by atoms with Crippen LogP contribution in [0.4, 0.5) is 5.69 Å². The molecule has 0 aromatic carbocycles. The van der Waals surface area contributed by atoms with E-state index in [-0.39, 0.29) is 17.9 Å². The Morgan fingerprint density at radius 1 is 1.67 bits per heavy atom. The second kappa shape index (κ2) is 3.72. The smallest absolute Gasteiger partial charge is 0.274 e. The minimum atomic E-state index is -0.358. The van der Waals surface area contributed by atoms with Crippen LogP contribution in [0, 0.1) is 0 Å². The lowest BCUT2D eigenvalue weighted by atomic mass is 10.3. The maximum Gasteiger partial charge on any atom is 0.274 e. The van der Waals surface area contributed by atoms with Crippen molar-refractivity contribution in [2.24, 2.45) is 5.73 Å². The Labute approximate surface area is 86.1 Å². The van der Waals surface area contributed by atoms with Crippen molar-refractivity contribution < 1.29 is 4.79 Å². The molecular weight excluding hydrogens is 196 g/mol. The summed E-state index contributed by atoms with van der Waals surface area (Å²) in [5.41, 5.74) is 6.29. The van der Waals surface area contributed by atoms with E-state index in [4.69, 9.17) is 5.73 Å². The van der Waals surface area contributed by atoms with Gasteiger partial charge < -0.3 is 15.6 Å². The van der Waals surface area contributed by atoms with Crippen molar-refractivity contribution in [3.05, 3.63) is 22.4 Å². The third kappa shape index (κ3) is 1.83. The van der Waals surface area contributed by atoms with Crippen LogP contribution >= 0.6 is 0 Å². The molecule has 6 heteroatoms. The van der Waals surface area contributed by atoms with Gasteiger partial charge in [0.15, 0.2) is 0 Å². The topological polar surface area (TPSA) is 92.1 Å². The van der Waals surface area contributed by atoms with Crippen LogP contribution in [0.5, 0.6) is 0 Å². The summed E-state index contributed by atoms with van der Waals surface area (Å²) in [6, 6.07) is 0. The molecule has 1 aromatic rings. The molecule has 6 nitrogen and oxygen atoms in total. The molecule has 2 heterocycles. The zero-order valence-electron chi connectivity index (χ0n) is 8.19. The Hall–Kier alpha value is -1.85. The van der Waals surface area contributed by atoms with E-state index in [1.165, 1.54) is 6.33 Å². The number of primary amides is 1. The van der Waals surface area contributed by atoms with Crippen molar-refractivity contribution in [1.82, 2.24) is 9.97 Å². The molecule has 1 amide bonds. The summed E-state index contributed by atoms with van der Waals surface area (Å²) in [6.45, 7) is 1.21. The number of hydrogen-bond donors (Lipinski definition) is 2. The molecule has 0 fully saturated rings. The van der Waals surface area contributed by atoms with Gasteiger partial charge in [0.25, 0.3) is 5.56 Å². The number of fused-ring (bicyclic) bond motifs is 1. The van der Waals surface area contributed by atoms with Gasteiger partial charge in [-0.1, -0.05) is 0 Å². The molecule has 3 N–H and O–H groups in total. The minimum absolute atomic E-state index is 0.151. The highest BCUT2D eigenvalue weighted by Gasteiger charge is 2.23. The molecule has 1 aromatic heterocycles. The van der Waals surface area contributed by atoms with Crippen molar-refractivity contribution in [2.75, 3.05) is 18.0 Å². The SMILES string of the molecule is NC(=O)CCN1CCc2nc[nH]c(=O)c21. The molecule has 0 aliphatic carbocycles. The number of carbonyl (C=O) groups is 1. The molecule has 2 rings (SSSR count). The highest BCUT2D eigenvalue weighted by Crippen LogP contribution is 2.20. The lowest BCUT2D eigenvalue weighted by molar-refractivity contribution is -0.117. The van der Waals surface area contributed by atoms with Crippen LogP contribution < -0.4 is 16.2 Å². The lowest BCUT2D eigenvalue weighted by Crippen LogP contribution is -2.29. The summed E-state index contributed by atoms with van der Waals surface area (Å²) in [6.07, 6.45) is 2.41. The number of anilines is 1. The Morgan fingerprint density at radius 3 is 3.20 bits per heavy atom. The first-order chi connectivity index (χ1) is 7.18. The molecule has 0 spiro atoms. The molecule has 80 valence electrons. The quantitative estimate of drug-likeness (QED) is 0.667. The molecule has 0 atom stereocenters. The number of carbonyl (C=O) groups excluding carboxylic acids is 1. The number of nitrogens with one attached hydrogen (secondary N) is 1. The second-order valence-corrected chi connectivity index (χ2v) is 3.48. The van der Waals surface area contributed by atoms with E-state index in [1.54, 1.807) is 0 Å². The van der Waals surface area contributed by atoms with Gasteiger partial charge in [-0.2, -0.15) is 0 Å². The van der Waals surface area contributed by atoms with Crippen LogP contribution in [-0.2, 0) is 11.2 Å². The maximum absolute atomic E-state index is 11.5. The fraction of sp³-hybridized carbons (Fsp3) is 0.444. The van der Waals surface area contributed by atoms with Gasteiger partial charge in [0.2, 0.25) is 5.91 Å². The zero-order valence-corrected chi connectivity index (χ0v) is 8.19. The van der Waals surface area contributed by atoms with E-state index in [2.05, 4.69) is 9.97 Å². The average molecular weight is 208 g/mol. The van der Waals surface area contributed by atoms with Crippen molar-refractivity contribution in [1.29, 1.82) is 0 Å². The van der Waals surface area contributed by atoms with Crippen LogP contribution in [0.1, 0.15) is 12.1 Å². The molecule has 0 unspecified atom stereocenters. The maximum atomic E-state index is 11.5. The number of nitrogens with two attached hydrogens (primary N) is 1. The third-order valence-electron chi connectivity index (χ3n) is 2.47. The third-order valence-corrected chi connectivity index (χ3v) is 2.47. The van der Waals surface area contributed by atoms with E-state index < -0.39 is 0 Å². The van der Waals surface area contributed by atoms with Crippen molar-refractivity contribution in [3.8, 4) is 0 Å². The Bertz CT molecular complexity index is 440. The van der Waals surface area contributed by atoms with E-state index >= 15 is 0 Å². The fourth-order valence-electron chi connectivity index (χ4n) is 1.76. The number of aromatic amines is 1. The first-order valence-electron chi connectivity index (χ1n) is 4.78. The first kappa shape index (κ1) is 9.70. The van der Waals surface area contributed by atoms with Crippen LogP contribution in [0.15, 0.2) is 11.1 Å². The number of rotatable bonds is 3. The highest BCUT2D eigenvalue weighted by molar-refractivity contribution is 5.74. The van der Waals surface area contributed by atoms with Crippen molar-refractivity contribution in [2.45, 2.75) is 12.8 Å². The van der Waals surface area contributed by atoms with E-state index in [1.807, 2.05) is 4.90 Å². The van der Waals surface area contributed by atoms with Crippen molar-refractivity contribution in [3.63, 3.8) is 0 Å². The van der Waals surface area contributed by atoms with Gasteiger partial charge >= 0.3 is 0 Å². The number of nitrogens with zero attached hydrogens (tertiary/aromatic N) is 2. The fourth-order valence-corrected chi connectivity index (χ4v) is 1.76. The average Bonchev–Trinajstić information content (AvgIpc) is 2.59. The Balaban J connectivity index is 2.20. The van der Waals surface area contributed by atoms with E-state index in [0.29, 0.717) is 12.2 Å². The second-order valence-electron chi connectivity index (χ2n) is 3.48. The van der Waals surface area contributed by atoms with E-state index in [0.717, 1.165) is 18.7 Å². The Morgan fingerprint density at radius 2 is 2.47 bits per heavy atom. The predicted molar refractivity (Wildman–Crippen MR) is 54.6 cm³/mol. The molecule has 15 heavy (non-hydrogen) atoms. The summed E-state index contributed by atoms with van der Waals surface area (Å²) in [5, 5.41) is 0. The van der Waals surface area contributed by atoms with Gasteiger partial charge in [-0.15, -0.1) is 0 Å².